The second-order valence-corrected chi connectivity index (χ2v) is 9.55. The Balaban J connectivity index is 1.33. The van der Waals surface area contributed by atoms with Crippen LogP contribution in [0.4, 0.5) is 5.82 Å². The van der Waals surface area contributed by atoms with E-state index in [1.807, 2.05) is 84.9 Å². The van der Waals surface area contributed by atoms with Gasteiger partial charge < -0.3 is 10.2 Å². The smallest absolute Gasteiger partial charge is 0.245 e. The fourth-order valence-electron chi connectivity index (χ4n) is 4.73. The Kier molecular flexibility index (Phi) is 7.45. The lowest BCUT2D eigenvalue weighted by Gasteiger charge is -2.22. The van der Waals surface area contributed by atoms with E-state index in [-0.39, 0.29) is 30.2 Å². The maximum absolute atomic E-state index is 13.4. The Bertz CT molecular complexity index is 1340. The lowest BCUT2D eigenvalue weighted by molar-refractivity contribution is -0.136. The summed E-state index contributed by atoms with van der Waals surface area (Å²) in [5.41, 5.74) is 3.78. The fourth-order valence-corrected chi connectivity index (χ4v) is 4.73. The van der Waals surface area contributed by atoms with Gasteiger partial charge in [0.05, 0.1) is 17.9 Å². The van der Waals surface area contributed by atoms with E-state index < -0.39 is 0 Å². The number of benzene rings is 3. The summed E-state index contributed by atoms with van der Waals surface area (Å²) in [6, 6.07) is 31.7. The number of anilines is 1. The summed E-state index contributed by atoms with van der Waals surface area (Å²) in [5, 5.41) is 7.80. The average molecular weight is 493 g/mol. The van der Waals surface area contributed by atoms with Crippen molar-refractivity contribution in [1.82, 2.24) is 14.7 Å². The van der Waals surface area contributed by atoms with Crippen molar-refractivity contribution in [3.63, 3.8) is 0 Å². The highest BCUT2D eigenvalue weighted by Gasteiger charge is 2.45. The van der Waals surface area contributed by atoms with E-state index in [2.05, 4.69) is 24.4 Å². The molecule has 0 bridgehead atoms. The van der Waals surface area contributed by atoms with Crippen LogP contribution in [0, 0.1) is 5.92 Å². The number of amides is 2. The Morgan fingerprint density at radius 3 is 2.27 bits per heavy atom. The van der Waals surface area contributed by atoms with Crippen molar-refractivity contribution in [2.24, 2.45) is 5.92 Å². The van der Waals surface area contributed by atoms with Crippen molar-refractivity contribution in [3.8, 4) is 16.9 Å². The first-order chi connectivity index (χ1) is 18.1. The summed E-state index contributed by atoms with van der Waals surface area (Å²) in [6.07, 6.45) is 2.66. The van der Waals surface area contributed by atoms with Crippen LogP contribution in [-0.4, -0.2) is 39.6 Å². The third-order valence-corrected chi connectivity index (χ3v) is 6.81. The van der Waals surface area contributed by atoms with Gasteiger partial charge in [0, 0.05) is 24.1 Å². The van der Waals surface area contributed by atoms with Crippen LogP contribution in [0.25, 0.3) is 16.9 Å². The Morgan fingerprint density at radius 2 is 1.59 bits per heavy atom. The number of hydrogen-bond acceptors (Lipinski definition) is 3. The molecule has 6 nitrogen and oxygen atoms in total. The third kappa shape index (κ3) is 5.80. The van der Waals surface area contributed by atoms with Gasteiger partial charge in [-0.3, -0.25) is 9.59 Å². The maximum atomic E-state index is 13.4. The first-order valence-electron chi connectivity index (χ1n) is 13.0. The molecule has 1 saturated carbocycles. The summed E-state index contributed by atoms with van der Waals surface area (Å²) in [5.74, 6) is 0.615. The molecule has 1 aromatic heterocycles. The largest absolute Gasteiger partial charge is 0.333 e. The van der Waals surface area contributed by atoms with Gasteiger partial charge in [-0.05, 0) is 36.5 Å². The molecule has 2 unspecified atom stereocenters. The van der Waals surface area contributed by atoms with Crippen molar-refractivity contribution in [2.75, 3.05) is 18.4 Å². The molecule has 0 radical (unpaired) electrons. The van der Waals surface area contributed by atoms with Crippen LogP contribution in [0.5, 0.6) is 0 Å². The number of hydrogen-bond donors (Lipinski definition) is 1. The number of unbranched alkanes of at least 4 members (excludes halogenated alkanes) is 1. The topological polar surface area (TPSA) is 67.2 Å². The minimum absolute atomic E-state index is 0.0253. The molecule has 5 rings (SSSR count). The summed E-state index contributed by atoms with van der Waals surface area (Å²) in [7, 11) is 0. The third-order valence-electron chi connectivity index (χ3n) is 6.81. The zero-order chi connectivity index (χ0) is 25.6. The molecular weight excluding hydrogens is 460 g/mol. The van der Waals surface area contributed by atoms with Gasteiger partial charge in [0.1, 0.15) is 5.82 Å². The number of carbonyl (C=O) groups excluding carboxylic acids is 2. The number of nitrogens with zero attached hydrogens (tertiary/aromatic N) is 3. The molecule has 6 heteroatoms. The van der Waals surface area contributed by atoms with Gasteiger partial charge in [-0.2, -0.15) is 5.10 Å². The molecular formula is C31H32N4O2. The Morgan fingerprint density at radius 1 is 0.946 bits per heavy atom. The van der Waals surface area contributed by atoms with E-state index in [1.54, 1.807) is 9.58 Å². The Labute approximate surface area is 217 Å². The maximum Gasteiger partial charge on any atom is 0.245 e. The van der Waals surface area contributed by atoms with Crippen molar-refractivity contribution < 1.29 is 9.59 Å². The lowest BCUT2D eigenvalue weighted by atomic mass is 10.1. The average Bonchev–Trinajstić information content (AvgIpc) is 3.65. The van der Waals surface area contributed by atoms with Gasteiger partial charge in [-0.15, -0.1) is 0 Å². The van der Waals surface area contributed by atoms with Crippen LogP contribution in [-0.2, 0) is 9.59 Å². The van der Waals surface area contributed by atoms with Crippen molar-refractivity contribution in [3.05, 3.63) is 103 Å². The molecule has 1 aliphatic carbocycles. The minimum Gasteiger partial charge on any atom is -0.333 e. The summed E-state index contributed by atoms with van der Waals surface area (Å²) in [4.78, 5) is 28.4. The molecule has 0 aliphatic heterocycles. The predicted octanol–water partition coefficient (Wildman–Crippen LogP) is 5.91. The van der Waals surface area contributed by atoms with Gasteiger partial charge in [0.2, 0.25) is 11.8 Å². The fraction of sp³-hybridized carbons (Fsp3) is 0.258. The first kappa shape index (κ1) is 24.5. The van der Waals surface area contributed by atoms with Crippen LogP contribution in [0.2, 0.25) is 0 Å². The van der Waals surface area contributed by atoms with Gasteiger partial charge >= 0.3 is 0 Å². The van der Waals surface area contributed by atoms with Crippen LogP contribution < -0.4 is 5.32 Å². The molecule has 0 spiro atoms. The molecule has 1 heterocycles. The normalized spacial score (nSPS) is 16.2. The zero-order valence-electron chi connectivity index (χ0n) is 21.1. The van der Waals surface area contributed by atoms with Gasteiger partial charge in [0.15, 0.2) is 0 Å². The first-order valence-corrected chi connectivity index (χ1v) is 13.0. The molecule has 1 fully saturated rings. The van der Waals surface area contributed by atoms with Crippen molar-refractivity contribution >= 4 is 17.6 Å². The summed E-state index contributed by atoms with van der Waals surface area (Å²) < 4.78 is 1.74. The molecule has 2 atom stereocenters. The van der Waals surface area contributed by atoms with Crippen molar-refractivity contribution in [2.45, 2.75) is 32.1 Å². The SMILES string of the molecule is CCCCN(CC(=O)Nc1cc(-c2ccccc2)nn1-c1ccccc1)C(=O)C1CC1c1ccccc1. The lowest BCUT2D eigenvalue weighted by Crippen LogP contribution is -2.40. The number of para-hydroxylation sites is 1. The molecule has 188 valence electrons. The predicted molar refractivity (Wildman–Crippen MR) is 146 cm³/mol. The van der Waals surface area contributed by atoms with Crippen LogP contribution in [0.1, 0.15) is 37.7 Å². The second kappa shape index (κ2) is 11.2. The highest BCUT2D eigenvalue weighted by Crippen LogP contribution is 2.48. The highest BCUT2D eigenvalue weighted by molar-refractivity contribution is 5.95. The molecule has 3 aromatic carbocycles. The van der Waals surface area contributed by atoms with Gasteiger partial charge in [-0.1, -0.05) is 92.2 Å². The summed E-state index contributed by atoms with van der Waals surface area (Å²) in [6.45, 7) is 2.70. The quantitative estimate of drug-likeness (QED) is 0.299. The minimum atomic E-state index is -0.224. The van der Waals surface area contributed by atoms with E-state index in [0.717, 1.165) is 36.2 Å². The van der Waals surface area contributed by atoms with Crippen LogP contribution >= 0.6 is 0 Å². The van der Waals surface area contributed by atoms with Crippen LogP contribution in [0.15, 0.2) is 97.1 Å². The second-order valence-electron chi connectivity index (χ2n) is 9.55. The number of rotatable bonds is 10. The number of carbonyl (C=O) groups is 2. The van der Waals surface area contributed by atoms with Crippen molar-refractivity contribution in [1.29, 1.82) is 0 Å². The van der Waals surface area contributed by atoms with E-state index >= 15 is 0 Å². The zero-order valence-corrected chi connectivity index (χ0v) is 21.1. The molecule has 37 heavy (non-hydrogen) atoms. The standard InChI is InChI=1S/C31H32N4O2/c1-2-3-19-34(31(37)27-20-26(27)23-13-7-4-8-14-23)22-30(36)32-29-21-28(24-15-9-5-10-16-24)33-35(29)25-17-11-6-12-18-25/h4-18,21,26-27H,2-3,19-20,22H2,1H3,(H,32,36). The molecule has 0 saturated heterocycles. The molecule has 1 N–H and O–H groups in total. The van der Waals surface area contributed by atoms with Gasteiger partial charge in [-0.25, -0.2) is 4.68 Å². The molecule has 4 aromatic rings. The summed E-state index contributed by atoms with van der Waals surface area (Å²) >= 11 is 0. The number of aromatic nitrogens is 2. The van der Waals surface area contributed by atoms with E-state index in [9.17, 15) is 9.59 Å². The van der Waals surface area contributed by atoms with E-state index in [0.29, 0.717) is 12.4 Å². The monoisotopic (exact) mass is 492 g/mol. The van der Waals surface area contributed by atoms with Crippen LogP contribution in [0.3, 0.4) is 0 Å². The van der Waals surface area contributed by atoms with Gasteiger partial charge in [0.25, 0.3) is 0 Å². The molecule has 1 aliphatic rings. The van der Waals surface area contributed by atoms with E-state index in [4.69, 9.17) is 5.10 Å². The Hall–Kier alpha value is -4.19. The van der Waals surface area contributed by atoms with E-state index in [1.165, 1.54) is 5.56 Å². The number of nitrogens with one attached hydrogen (secondary N) is 1. The highest BCUT2D eigenvalue weighted by atomic mass is 16.2. The molecule has 2 amide bonds.